The topological polar surface area (TPSA) is 56.8 Å². The van der Waals surface area contributed by atoms with Crippen molar-refractivity contribution in [2.45, 2.75) is 38.8 Å². The predicted octanol–water partition coefficient (Wildman–Crippen LogP) is 3.96. The van der Waals surface area contributed by atoms with Crippen LogP contribution in [0.3, 0.4) is 0 Å². The number of nitrogens with one attached hydrogen (secondary N) is 1. The fourth-order valence-electron chi connectivity index (χ4n) is 2.94. The van der Waals surface area contributed by atoms with E-state index in [1.165, 1.54) is 0 Å². The summed E-state index contributed by atoms with van der Waals surface area (Å²) >= 11 is 0. The second-order valence-electron chi connectivity index (χ2n) is 6.62. The highest BCUT2D eigenvalue weighted by atomic mass is 16.5. The van der Waals surface area contributed by atoms with Gasteiger partial charge in [0.15, 0.2) is 0 Å². The van der Waals surface area contributed by atoms with Crippen LogP contribution in [0.2, 0.25) is 0 Å². The van der Waals surface area contributed by atoms with E-state index >= 15 is 0 Å². The lowest BCUT2D eigenvalue weighted by Gasteiger charge is -2.14. The lowest BCUT2D eigenvalue weighted by atomic mass is 10.1. The minimum absolute atomic E-state index is 0.120. The third-order valence-electron chi connectivity index (χ3n) is 4.43. The van der Waals surface area contributed by atoms with Crippen molar-refractivity contribution in [1.29, 1.82) is 0 Å². The molecule has 144 valence electrons. The maximum atomic E-state index is 12.6. The highest BCUT2D eigenvalue weighted by Crippen LogP contribution is 2.20. The predicted molar refractivity (Wildman–Crippen MR) is 104 cm³/mol. The van der Waals surface area contributed by atoms with Crippen LogP contribution in [0.15, 0.2) is 48.5 Å². The Morgan fingerprint density at radius 1 is 1.15 bits per heavy atom. The van der Waals surface area contributed by atoms with Gasteiger partial charge in [-0.3, -0.25) is 4.79 Å². The molecule has 1 heterocycles. The molecule has 1 unspecified atom stereocenters. The lowest BCUT2D eigenvalue weighted by molar-refractivity contribution is 0.0670. The number of hydrogen-bond donors (Lipinski definition) is 1. The van der Waals surface area contributed by atoms with Crippen molar-refractivity contribution in [3.05, 3.63) is 59.7 Å². The minimum atomic E-state index is -0.149. The third kappa shape index (κ3) is 5.73. The first-order valence-electron chi connectivity index (χ1n) is 9.59. The molecule has 3 rings (SSSR count). The van der Waals surface area contributed by atoms with Gasteiger partial charge in [-0.15, -0.1) is 0 Å². The van der Waals surface area contributed by atoms with Gasteiger partial charge in [0.05, 0.1) is 18.3 Å². The van der Waals surface area contributed by atoms with Gasteiger partial charge in [-0.2, -0.15) is 0 Å². The zero-order chi connectivity index (χ0) is 18.9. The first-order valence-corrected chi connectivity index (χ1v) is 9.59. The van der Waals surface area contributed by atoms with Crippen molar-refractivity contribution >= 4 is 5.91 Å². The number of carbonyl (C=O) groups is 1. The zero-order valence-corrected chi connectivity index (χ0v) is 15.8. The molecule has 1 N–H and O–H groups in total. The van der Waals surface area contributed by atoms with Crippen LogP contribution >= 0.6 is 0 Å². The molecular formula is C22H27NO4. The monoisotopic (exact) mass is 369 g/mol. The Morgan fingerprint density at radius 2 is 1.96 bits per heavy atom. The Kier molecular flexibility index (Phi) is 7.11. The molecule has 1 aliphatic heterocycles. The third-order valence-corrected chi connectivity index (χ3v) is 4.43. The fourth-order valence-corrected chi connectivity index (χ4v) is 2.94. The van der Waals surface area contributed by atoms with E-state index in [1.54, 1.807) is 6.07 Å². The number of benzene rings is 2. The fraction of sp³-hybridized carbons (Fsp3) is 0.409. The van der Waals surface area contributed by atoms with E-state index in [4.69, 9.17) is 14.2 Å². The van der Waals surface area contributed by atoms with E-state index in [2.05, 4.69) is 12.2 Å². The van der Waals surface area contributed by atoms with Crippen molar-refractivity contribution in [1.82, 2.24) is 5.32 Å². The van der Waals surface area contributed by atoms with Crippen LogP contribution in [0.1, 0.15) is 42.1 Å². The molecule has 1 saturated heterocycles. The van der Waals surface area contributed by atoms with Gasteiger partial charge in [0.25, 0.3) is 5.91 Å². The zero-order valence-electron chi connectivity index (χ0n) is 15.8. The van der Waals surface area contributed by atoms with Crippen LogP contribution in [0.25, 0.3) is 0 Å². The number of para-hydroxylation sites is 1. The molecule has 5 heteroatoms. The van der Waals surface area contributed by atoms with Crippen LogP contribution in [0.5, 0.6) is 11.5 Å². The SMILES string of the molecule is CCCOc1ccc(CNC(=O)c2ccccc2OCC2CCCO2)cc1. The van der Waals surface area contributed by atoms with E-state index in [-0.39, 0.29) is 12.0 Å². The summed E-state index contributed by atoms with van der Waals surface area (Å²) in [5.74, 6) is 1.29. The van der Waals surface area contributed by atoms with E-state index in [0.717, 1.165) is 37.2 Å². The molecule has 2 aromatic carbocycles. The van der Waals surface area contributed by atoms with Gasteiger partial charge in [-0.05, 0) is 49.1 Å². The molecule has 1 atom stereocenters. The van der Waals surface area contributed by atoms with Crippen molar-refractivity contribution in [2.24, 2.45) is 0 Å². The van der Waals surface area contributed by atoms with E-state index in [1.807, 2.05) is 42.5 Å². The number of amides is 1. The van der Waals surface area contributed by atoms with Crippen molar-refractivity contribution in [3.63, 3.8) is 0 Å². The summed E-state index contributed by atoms with van der Waals surface area (Å²) in [6.45, 7) is 4.50. The maximum absolute atomic E-state index is 12.6. The lowest BCUT2D eigenvalue weighted by Crippen LogP contribution is -2.24. The van der Waals surface area contributed by atoms with Crippen LogP contribution in [-0.2, 0) is 11.3 Å². The van der Waals surface area contributed by atoms with E-state index < -0.39 is 0 Å². The molecule has 0 aliphatic carbocycles. The van der Waals surface area contributed by atoms with Gasteiger partial charge in [0.2, 0.25) is 0 Å². The largest absolute Gasteiger partial charge is 0.494 e. The average molecular weight is 369 g/mol. The molecule has 0 aromatic heterocycles. The van der Waals surface area contributed by atoms with Crippen molar-refractivity contribution in [3.8, 4) is 11.5 Å². The average Bonchev–Trinajstić information content (AvgIpc) is 3.23. The molecule has 1 fully saturated rings. The molecule has 1 aliphatic rings. The summed E-state index contributed by atoms with van der Waals surface area (Å²) in [4.78, 5) is 12.6. The molecule has 0 spiro atoms. The first kappa shape index (κ1) is 19.2. The van der Waals surface area contributed by atoms with Gasteiger partial charge in [-0.25, -0.2) is 0 Å². The van der Waals surface area contributed by atoms with E-state index in [9.17, 15) is 4.79 Å². The van der Waals surface area contributed by atoms with Crippen LogP contribution in [-0.4, -0.2) is 31.8 Å². The number of rotatable bonds is 9. The summed E-state index contributed by atoms with van der Waals surface area (Å²) in [5.41, 5.74) is 1.56. The number of ether oxygens (including phenoxy) is 3. The van der Waals surface area contributed by atoms with Gasteiger partial charge < -0.3 is 19.5 Å². The molecule has 27 heavy (non-hydrogen) atoms. The molecule has 5 nitrogen and oxygen atoms in total. The Hall–Kier alpha value is -2.53. The van der Waals surface area contributed by atoms with E-state index in [0.29, 0.717) is 31.1 Å². The Bertz CT molecular complexity index is 723. The maximum Gasteiger partial charge on any atom is 0.255 e. The smallest absolute Gasteiger partial charge is 0.255 e. The molecule has 0 bridgehead atoms. The molecule has 2 aromatic rings. The normalized spacial score (nSPS) is 16.1. The quantitative estimate of drug-likeness (QED) is 0.727. The van der Waals surface area contributed by atoms with Crippen LogP contribution in [0.4, 0.5) is 0 Å². The van der Waals surface area contributed by atoms with Gasteiger partial charge in [0.1, 0.15) is 18.1 Å². The highest BCUT2D eigenvalue weighted by Gasteiger charge is 2.18. The van der Waals surface area contributed by atoms with Gasteiger partial charge in [0, 0.05) is 13.2 Å². The number of hydrogen-bond acceptors (Lipinski definition) is 4. The second kappa shape index (κ2) is 9.97. The first-order chi connectivity index (χ1) is 13.3. The standard InChI is InChI=1S/C22H27NO4/c1-2-13-25-18-11-9-17(10-12-18)15-23-22(24)20-7-3-4-8-21(20)27-16-19-6-5-14-26-19/h3-4,7-12,19H,2,5-6,13-16H2,1H3,(H,23,24). The summed E-state index contributed by atoms with van der Waals surface area (Å²) in [6.07, 6.45) is 3.17. The van der Waals surface area contributed by atoms with Gasteiger partial charge in [-0.1, -0.05) is 31.2 Å². The summed E-state index contributed by atoms with van der Waals surface area (Å²) < 4.78 is 17.0. The van der Waals surface area contributed by atoms with Crippen molar-refractivity contribution in [2.75, 3.05) is 19.8 Å². The molecule has 0 radical (unpaired) electrons. The highest BCUT2D eigenvalue weighted by molar-refractivity contribution is 5.96. The Balaban J connectivity index is 1.54. The van der Waals surface area contributed by atoms with Crippen LogP contribution < -0.4 is 14.8 Å². The second-order valence-corrected chi connectivity index (χ2v) is 6.62. The van der Waals surface area contributed by atoms with Crippen molar-refractivity contribution < 1.29 is 19.0 Å². The summed E-state index contributed by atoms with van der Waals surface area (Å²) in [5, 5.41) is 2.96. The Labute approximate surface area is 160 Å². The molecule has 0 saturated carbocycles. The summed E-state index contributed by atoms with van der Waals surface area (Å²) in [7, 11) is 0. The summed E-state index contributed by atoms with van der Waals surface area (Å²) in [6, 6.07) is 15.1. The van der Waals surface area contributed by atoms with Crippen LogP contribution in [0, 0.1) is 0 Å². The van der Waals surface area contributed by atoms with Gasteiger partial charge >= 0.3 is 0 Å². The molecular weight excluding hydrogens is 342 g/mol. The Morgan fingerprint density at radius 3 is 2.70 bits per heavy atom. The number of carbonyl (C=O) groups excluding carboxylic acids is 1. The molecule has 1 amide bonds. The minimum Gasteiger partial charge on any atom is -0.494 e.